The Morgan fingerprint density at radius 1 is 1.42 bits per heavy atom. The SMILES string of the molecule is Cc1cncc(CC2CCCN(Cc3cnc(CC(N)=O)s3)C2)n1. The molecule has 3 rings (SSSR count). The highest BCUT2D eigenvalue weighted by molar-refractivity contribution is 7.11. The Labute approximate surface area is 146 Å². The third kappa shape index (κ3) is 4.82. The predicted molar refractivity (Wildman–Crippen MR) is 93.5 cm³/mol. The molecule has 0 radical (unpaired) electrons. The summed E-state index contributed by atoms with van der Waals surface area (Å²) in [6.45, 7) is 5.06. The average Bonchev–Trinajstić information content (AvgIpc) is 2.94. The zero-order chi connectivity index (χ0) is 16.9. The normalized spacial score (nSPS) is 18.6. The van der Waals surface area contributed by atoms with Gasteiger partial charge in [-0.1, -0.05) is 0 Å². The molecule has 2 N–H and O–H groups in total. The van der Waals surface area contributed by atoms with Gasteiger partial charge >= 0.3 is 0 Å². The van der Waals surface area contributed by atoms with Crippen molar-refractivity contribution in [2.45, 2.75) is 39.2 Å². The molecule has 0 aromatic carbocycles. The molecule has 128 valence electrons. The third-order valence-electron chi connectivity index (χ3n) is 4.21. The van der Waals surface area contributed by atoms with Crippen LogP contribution in [-0.2, 0) is 24.2 Å². The first-order valence-corrected chi connectivity index (χ1v) is 9.12. The Hall–Kier alpha value is -1.86. The van der Waals surface area contributed by atoms with E-state index in [2.05, 4.69) is 19.9 Å². The van der Waals surface area contributed by atoms with Gasteiger partial charge in [0.15, 0.2) is 0 Å². The van der Waals surface area contributed by atoms with E-state index >= 15 is 0 Å². The van der Waals surface area contributed by atoms with Crippen LogP contribution >= 0.6 is 11.3 Å². The number of aryl methyl sites for hydroxylation is 1. The summed E-state index contributed by atoms with van der Waals surface area (Å²) >= 11 is 1.59. The molecule has 3 heterocycles. The van der Waals surface area contributed by atoms with Gasteiger partial charge in [0.25, 0.3) is 0 Å². The highest BCUT2D eigenvalue weighted by Gasteiger charge is 2.21. The quantitative estimate of drug-likeness (QED) is 0.862. The molecule has 0 aliphatic carbocycles. The molecule has 0 spiro atoms. The Morgan fingerprint density at radius 3 is 3.08 bits per heavy atom. The minimum Gasteiger partial charge on any atom is -0.369 e. The number of hydrogen-bond donors (Lipinski definition) is 1. The molecule has 1 fully saturated rings. The predicted octanol–water partition coefficient (Wildman–Crippen LogP) is 1.72. The van der Waals surface area contributed by atoms with Gasteiger partial charge in [-0.25, -0.2) is 4.98 Å². The van der Waals surface area contributed by atoms with Crippen LogP contribution in [0.25, 0.3) is 0 Å². The molecule has 0 bridgehead atoms. The molecule has 6 nitrogen and oxygen atoms in total. The van der Waals surface area contributed by atoms with E-state index in [4.69, 9.17) is 5.73 Å². The van der Waals surface area contributed by atoms with Crippen molar-refractivity contribution in [1.29, 1.82) is 0 Å². The van der Waals surface area contributed by atoms with Gasteiger partial charge in [0, 0.05) is 36.6 Å². The second-order valence-corrected chi connectivity index (χ2v) is 7.66. The molecule has 7 heteroatoms. The van der Waals surface area contributed by atoms with Gasteiger partial charge in [0.05, 0.1) is 17.8 Å². The lowest BCUT2D eigenvalue weighted by Crippen LogP contribution is -2.35. The number of nitrogens with two attached hydrogens (primary N) is 1. The van der Waals surface area contributed by atoms with Crippen molar-refractivity contribution in [2.75, 3.05) is 13.1 Å². The summed E-state index contributed by atoms with van der Waals surface area (Å²) < 4.78 is 0. The van der Waals surface area contributed by atoms with E-state index in [0.29, 0.717) is 5.92 Å². The van der Waals surface area contributed by atoms with Crippen LogP contribution in [0.1, 0.15) is 34.1 Å². The van der Waals surface area contributed by atoms with Gasteiger partial charge in [-0.05, 0) is 38.6 Å². The number of carbonyl (C=O) groups is 1. The summed E-state index contributed by atoms with van der Waals surface area (Å²) in [5.41, 5.74) is 7.29. The maximum absolute atomic E-state index is 11.0. The van der Waals surface area contributed by atoms with E-state index in [0.717, 1.165) is 42.5 Å². The van der Waals surface area contributed by atoms with Crippen molar-refractivity contribution in [3.8, 4) is 0 Å². The van der Waals surface area contributed by atoms with Crippen LogP contribution in [-0.4, -0.2) is 38.8 Å². The molecule has 2 aromatic rings. The zero-order valence-corrected chi connectivity index (χ0v) is 14.8. The summed E-state index contributed by atoms with van der Waals surface area (Å²) in [6.07, 6.45) is 9.21. The number of hydrogen-bond acceptors (Lipinski definition) is 6. The van der Waals surface area contributed by atoms with E-state index in [1.807, 2.05) is 19.3 Å². The van der Waals surface area contributed by atoms with Crippen molar-refractivity contribution in [1.82, 2.24) is 19.9 Å². The largest absolute Gasteiger partial charge is 0.369 e. The monoisotopic (exact) mass is 345 g/mol. The number of amides is 1. The van der Waals surface area contributed by atoms with Gasteiger partial charge in [0.2, 0.25) is 5.91 Å². The van der Waals surface area contributed by atoms with Gasteiger partial charge < -0.3 is 5.73 Å². The van der Waals surface area contributed by atoms with Gasteiger partial charge in [-0.3, -0.25) is 19.7 Å². The molecular formula is C17H23N5OS. The van der Waals surface area contributed by atoms with Crippen LogP contribution in [0, 0.1) is 12.8 Å². The van der Waals surface area contributed by atoms with Crippen LogP contribution in [0.4, 0.5) is 0 Å². The van der Waals surface area contributed by atoms with E-state index in [9.17, 15) is 4.79 Å². The van der Waals surface area contributed by atoms with Crippen molar-refractivity contribution in [3.63, 3.8) is 0 Å². The fourth-order valence-corrected chi connectivity index (χ4v) is 4.22. The number of carbonyl (C=O) groups excluding carboxylic acids is 1. The maximum Gasteiger partial charge on any atom is 0.224 e. The molecule has 1 amide bonds. The van der Waals surface area contributed by atoms with Crippen molar-refractivity contribution >= 4 is 17.2 Å². The summed E-state index contributed by atoms with van der Waals surface area (Å²) in [4.78, 5) is 27.8. The Kier molecular flexibility index (Phi) is 5.52. The zero-order valence-electron chi connectivity index (χ0n) is 13.9. The Bertz CT molecular complexity index is 702. The minimum atomic E-state index is -0.326. The number of nitrogens with zero attached hydrogens (tertiary/aromatic N) is 4. The average molecular weight is 345 g/mol. The lowest BCUT2D eigenvalue weighted by atomic mass is 9.93. The van der Waals surface area contributed by atoms with Crippen LogP contribution in [0.5, 0.6) is 0 Å². The summed E-state index contributed by atoms with van der Waals surface area (Å²) in [6, 6.07) is 0. The lowest BCUT2D eigenvalue weighted by molar-refractivity contribution is -0.117. The minimum absolute atomic E-state index is 0.235. The molecule has 0 saturated carbocycles. The number of aromatic nitrogens is 3. The highest BCUT2D eigenvalue weighted by Crippen LogP contribution is 2.23. The molecule has 24 heavy (non-hydrogen) atoms. The number of rotatable bonds is 6. The fraction of sp³-hybridized carbons (Fsp3) is 0.529. The second kappa shape index (κ2) is 7.81. The van der Waals surface area contributed by atoms with Crippen LogP contribution in [0.15, 0.2) is 18.6 Å². The molecule has 1 unspecified atom stereocenters. The number of likely N-dealkylation sites (tertiary alicyclic amines) is 1. The summed E-state index contributed by atoms with van der Waals surface area (Å²) in [5, 5.41) is 0.807. The first-order valence-electron chi connectivity index (χ1n) is 8.30. The van der Waals surface area contributed by atoms with Crippen molar-refractivity contribution < 1.29 is 4.79 Å². The first-order chi connectivity index (χ1) is 11.6. The molecule has 2 aromatic heterocycles. The lowest BCUT2D eigenvalue weighted by Gasteiger charge is -2.32. The van der Waals surface area contributed by atoms with Crippen LogP contribution in [0.2, 0.25) is 0 Å². The first kappa shape index (κ1) is 17.0. The van der Waals surface area contributed by atoms with Crippen molar-refractivity contribution in [3.05, 3.63) is 39.9 Å². The molecule has 1 atom stereocenters. The second-order valence-electron chi connectivity index (χ2n) is 6.46. The number of primary amides is 1. The summed E-state index contributed by atoms with van der Waals surface area (Å²) in [5.74, 6) is 0.293. The van der Waals surface area contributed by atoms with Gasteiger partial charge in [-0.15, -0.1) is 11.3 Å². The summed E-state index contributed by atoms with van der Waals surface area (Å²) in [7, 11) is 0. The van der Waals surface area contributed by atoms with Gasteiger partial charge in [0.1, 0.15) is 5.01 Å². The maximum atomic E-state index is 11.0. The van der Waals surface area contributed by atoms with E-state index in [1.54, 1.807) is 17.5 Å². The van der Waals surface area contributed by atoms with Crippen LogP contribution in [0.3, 0.4) is 0 Å². The van der Waals surface area contributed by atoms with E-state index in [-0.39, 0.29) is 12.3 Å². The topological polar surface area (TPSA) is 85.0 Å². The molecule has 1 saturated heterocycles. The standard InChI is InChI=1S/C17H23N5OS/c1-12-7-19-8-14(21-12)5-13-3-2-4-22(10-13)11-15-9-20-17(24-15)6-16(18)23/h7-9,13H,2-6,10-11H2,1H3,(H2,18,23). The van der Waals surface area contributed by atoms with Gasteiger partial charge in [-0.2, -0.15) is 0 Å². The Morgan fingerprint density at radius 2 is 2.29 bits per heavy atom. The smallest absolute Gasteiger partial charge is 0.224 e. The highest BCUT2D eigenvalue weighted by atomic mass is 32.1. The van der Waals surface area contributed by atoms with E-state index in [1.165, 1.54) is 17.7 Å². The fourth-order valence-electron chi connectivity index (χ4n) is 3.24. The Balaban J connectivity index is 1.55. The van der Waals surface area contributed by atoms with Crippen LogP contribution < -0.4 is 5.73 Å². The molecular weight excluding hydrogens is 322 g/mol. The van der Waals surface area contributed by atoms with Crippen molar-refractivity contribution in [2.24, 2.45) is 11.7 Å². The number of thiazole rings is 1. The molecule has 1 aliphatic heterocycles. The number of piperidine rings is 1. The molecule has 1 aliphatic rings. The van der Waals surface area contributed by atoms with E-state index < -0.39 is 0 Å². The third-order valence-corrected chi connectivity index (χ3v) is 5.19.